The van der Waals surface area contributed by atoms with Crippen LogP contribution in [0, 0.1) is 0 Å². The molecular formula is C8H10N2O2. The minimum atomic E-state index is -0.660. The molecule has 0 aromatic carbocycles. The molecule has 1 rings (SSSR count). The third kappa shape index (κ3) is 1.58. The number of ketones is 1. The molecule has 1 aliphatic rings. The highest BCUT2D eigenvalue weighted by molar-refractivity contribution is 5.90. The van der Waals surface area contributed by atoms with Gasteiger partial charge in [0.15, 0.2) is 11.9 Å². The smallest absolute Gasteiger partial charge is 0.225 e. The molecule has 1 heterocycles. The molecule has 0 saturated heterocycles. The van der Waals surface area contributed by atoms with Crippen molar-refractivity contribution < 1.29 is 9.59 Å². The maximum Gasteiger partial charge on any atom is 0.225 e. The summed E-state index contributed by atoms with van der Waals surface area (Å²) in [6.45, 7) is 2.82. The lowest BCUT2D eigenvalue weighted by Gasteiger charge is -2.23. The molecule has 0 aliphatic carbocycles. The Morgan fingerprint density at radius 2 is 2.08 bits per heavy atom. The van der Waals surface area contributed by atoms with Crippen molar-refractivity contribution in [3.63, 3.8) is 0 Å². The topological polar surface area (TPSA) is 49.7 Å². The van der Waals surface area contributed by atoms with Gasteiger partial charge in [-0.1, -0.05) is 0 Å². The molecule has 12 heavy (non-hydrogen) atoms. The number of amides is 1. The van der Waals surface area contributed by atoms with E-state index in [0.717, 1.165) is 0 Å². The molecule has 0 radical (unpaired) electrons. The highest BCUT2D eigenvalue weighted by atomic mass is 16.2. The summed E-state index contributed by atoms with van der Waals surface area (Å²) in [6.07, 6.45) is 4.04. The molecule has 4 heteroatoms. The minimum absolute atomic E-state index is 0.134. The van der Waals surface area contributed by atoms with Gasteiger partial charge >= 0.3 is 0 Å². The van der Waals surface area contributed by atoms with Crippen molar-refractivity contribution in [3.8, 4) is 0 Å². The van der Waals surface area contributed by atoms with E-state index in [1.54, 1.807) is 12.3 Å². The van der Waals surface area contributed by atoms with E-state index in [1.165, 1.54) is 25.0 Å². The number of hydrogen-bond donors (Lipinski definition) is 0. The first-order chi connectivity index (χ1) is 5.63. The average molecular weight is 166 g/mol. The molecule has 0 bridgehead atoms. The Kier molecular flexibility index (Phi) is 2.38. The number of aliphatic imine (C=N–C) groups is 1. The summed E-state index contributed by atoms with van der Waals surface area (Å²) in [4.78, 5) is 27.1. The highest BCUT2D eigenvalue weighted by Crippen LogP contribution is 2.07. The molecule has 64 valence electrons. The minimum Gasteiger partial charge on any atom is -0.295 e. The molecule has 1 amide bonds. The number of nitrogens with zero attached hydrogens (tertiary/aromatic N) is 2. The summed E-state index contributed by atoms with van der Waals surface area (Å²) in [5.74, 6) is -0.311. The van der Waals surface area contributed by atoms with E-state index >= 15 is 0 Å². The van der Waals surface area contributed by atoms with Crippen molar-refractivity contribution in [1.82, 2.24) is 4.90 Å². The summed E-state index contributed by atoms with van der Waals surface area (Å²) >= 11 is 0. The zero-order valence-corrected chi connectivity index (χ0v) is 7.02. The monoisotopic (exact) mass is 166 g/mol. The lowest BCUT2D eigenvalue weighted by Crippen LogP contribution is -2.39. The van der Waals surface area contributed by atoms with Crippen LogP contribution in [0.5, 0.6) is 0 Å². The summed E-state index contributed by atoms with van der Waals surface area (Å²) in [5.41, 5.74) is 0. The van der Waals surface area contributed by atoms with Crippen LogP contribution in [0.4, 0.5) is 0 Å². The third-order valence-corrected chi connectivity index (χ3v) is 1.55. The van der Waals surface area contributed by atoms with Crippen molar-refractivity contribution in [2.24, 2.45) is 4.99 Å². The molecule has 0 fully saturated rings. The first kappa shape index (κ1) is 8.64. The Hall–Kier alpha value is -1.45. The number of allylic oxidation sites excluding steroid dienone is 1. The molecule has 0 aromatic heterocycles. The third-order valence-electron chi connectivity index (χ3n) is 1.55. The van der Waals surface area contributed by atoms with E-state index in [4.69, 9.17) is 0 Å². The van der Waals surface area contributed by atoms with Crippen LogP contribution in [0.1, 0.15) is 13.8 Å². The van der Waals surface area contributed by atoms with Gasteiger partial charge in [0.25, 0.3) is 0 Å². The number of carbonyl (C=O) groups is 2. The fourth-order valence-electron chi connectivity index (χ4n) is 0.994. The maximum absolute atomic E-state index is 11.0. The van der Waals surface area contributed by atoms with E-state index in [9.17, 15) is 9.59 Å². The van der Waals surface area contributed by atoms with Gasteiger partial charge in [0, 0.05) is 19.3 Å². The van der Waals surface area contributed by atoms with Gasteiger partial charge in [0.2, 0.25) is 5.91 Å². The Morgan fingerprint density at radius 3 is 2.50 bits per heavy atom. The van der Waals surface area contributed by atoms with Crippen molar-refractivity contribution in [1.29, 1.82) is 0 Å². The van der Waals surface area contributed by atoms with Crippen LogP contribution in [0.2, 0.25) is 0 Å². The average Bonchev–Trinajstić information content (AvgIpc) is 2.04. The highest BCUT2D eigenvalue weighted by Gasteiger charge is 2.22. The normalized spacial score (nSPS) is 21.2. The van der Waals surface area contributed by atoms with Crippen LogP contribution in [-0.4, -0.2) is 29.0 Å². The van der Waals surface area contributed by atoms with E-state index in [1.807, 2.05) is 0 Å². The van der Waals surface area contributed by atoms with Crippen LogP contribution in [0.15, 0.2) is 17.3 Å². The standard InChI is InChI=1S/C8H10N2O2/c1-6(11)8-9-4-3-5-10(8)7(2)12/h3-5,8H,1-2H3. The van der Waals surface area contributed by atoms with E-state index in [0.29, 0.717) is 0 Å². The molecule has 0 spiro atoms. The Bertz CT molecular complexity index is 240. The fraction of sp³-hybridized carbons (Fsp3) is 0.375. The number of Topliss-reactive ketones (excluding diaryl/α,β-unsaturated/α-hetero) is 1. The summed E-state index contributed by atoms with van der Waals surface area (Å²) < 4.78 is 0. The molecule has 0 aromatic rings. The van der Waals surface area contributed by atoms with Gasteiger partial charge in [-0.15, -0.1) is 0 Å². The fourth-order valence-corrected chi connectivity index (χ4v) is 0.994. The van der Waals surface area contributed by atoms with Crippen LogP contribution >= 0.6 is 0 Å². The maximum atomic E-state index is 11.0. The Morgan fingerprint density at radius 1 is 1.42 bits per heavy atom. The molecular weight excluding hydrogens is 156 g/mol. The van der Waals surface area contributed by atoms with Gasteiger partial charge in [0.1, 0.15) is 0 Å². The van der Waals surface area contributed by atoms with Crippen molar-refractivity contribution >= 4 is 17.9 Å². The Balaban J connectivity index is 2.85. The zero-order chi connectivity index (χ0) is 9.14. The van der Waals surface area contributed by atoms with Gasteiger partial charge in [-0.2, -0.15) is 0 Å². The largest absolute Gasteiger partial charge is 0.295 e. The molecule has 0 saturated carbocycles. The number of rotatable bonds is 1. The first-order valence-electron chi connectivity index (χ1n) is 3.62. The lowest BCUT2D eigenvalue weighted by molar-refractivity contribution is -0.133. The molecule has 0 N–H and O–H groups in total. The summed E-state index contributed by atoms with van der Waals surface area (Å²) in [7, 11) is 0. The van der Waals surface area contributed by atoms with Gasteiger partial charge in [-0.25, -0.2) is 0 Å². The van der Waals surface area contributed by atoms with E-state index in [-0.39, 0.29) is 11.7 Å². The molecule has 1 unspecified atom stereocenters. The number of hydrogen-bond acceptors (Lipinski definition) is 3. The van der Waals surface area contributed by atoms with Gasteiger partial charge in [-0.3, -0.25) is 19.5 Å². The van der Waals surface area contributed by atoms with Gasteiger partial charge in [0.05, 0.1) is 0 Å². The van der Waals surface area contributed by atoms with Crippen LogP contribution in [0.25, 0.3) is 0 Å². The Labute approximate surface area is 70.6 Å². The van der Waals surface area contributed by atoms with E-state index in [2.05, 4.69) is 4.99 Å². The van der Waals surface area contributed by atoms with Crippen molar-refractivity contribution in [3.05, 3.63) is 12.3 Å². The lowest BCUT2D eigenvalue weighted by atomic mass is 10.3. The SMILES string of the molecule is CC(=O)C1N=CC=CN1C(C)=O. The number of carbonyl (C=O) groups excluding carboxylic acids is 2. The molecule has 1 aliphatic heterocycles. The summed E-state index contributed by atoms with van der Waals surface area (Å²) in [5, 5.41) is 0. The van der Waals surface area contributed by atoms with E-state index < -0.39 is 6.17 Å². The predicted molar refractivity (Wildman–Crippen MR) is 44.6 cm³/mol. The summed E-state index contributed by atoms with van der Waals surface area (Å²) in [6, 6.07) is 0. The van der Waals surface area contributed by atoms with Crippen LogP contribution in [0.3, 0.4) is 0 Å². The van der Waals surface area contributed by atoms with Crippen LogP contribution in [-0.2, 0) is 9.59 Å². The van der Waals surface area contributed by atoms with Gasteiger partial charge in [-0.05, 0) is 13.0 Å². The second-order valence-electron chi connectivity index (χ2n) is 2.55. The van der Waals surface area contributed by atoms with Gasteiger partial charge < -0.3 is 0 Å². The second kappa shape index (κ2) is 3.30. The van der Waals surface area contributed by atoms with Crippen LogP contribution < -0.4 is 0 Å². The van der Waals surface area contributed by atoms with Crippen molar-refractivity contribution in [2.45, 2.75) is 20.0 Å². The van der Waals surface area contributed by atoms with Crippen molar-refractivity contribution in [2.75, 3.05) is 0 Å². The second-order valence-corrected chi connectivity index (χ2v) is 2.55. The predicted octanol–water partition coefficient (Wildman–Crippen LogP) is 0.348. The zero-order valence-electron chi connectivity index (χ0n) is 7.02. The first-order valence-corrected chi connectivity index (χ1v) is 3.62. The molecule has 4 nitrogen and oxygen atoms in total. The quantitative estimate of drug-likeness (QED) is 0.564. The molecule has 1 atom stereocenters.